The highest BCUT2D eigenvalue weighted by atomic mass is 16.5. The molecule has 1 unspecified atom stereocenters. The molecule has 3 rings (SSSR count). The van der Waals surface area contributed by atoms with Crippen LogP contribution in [0.5, 0.6) is 0 Å². The van der Waals surface area contributed by atoms with Gasteiger partial charge in [0.2, 0.25) is 5.89 Å². The zero-order chi connectivity index (χ0) is 13.2. The molecule has 0 bridgehead atoms. The molecule has 1 atom stereocenters. The number of nitrogens with zero attached hydrogens (tertiary/aromatic N) is 3. The highest BCUT2D eigenvalue weighted by Crippen LogP contribution is 2.30. The van der Waals surface area contributed by atoms with Gasteiger partial charge in [-0.05, 0) is 37.4 Å². The third-order valence-electron chi connectivity index (χ3n) is 3.80. The molecule has 5 nitrogen and oxygen atoms in total. The maximum Gasteiger partial charge on any atom is 0.246 e. The Morgan fingerprint density at radius 3 is 3.11 bits per heavy atom. The van der Waals surface area contributed by atoms with Gasteiger partial charge in [0.05, 0.1) is 0 Å². The first-order valence-corrected chi connectivity index (χ1v) is 6.97. The second-order valence-electron chi connectivity index (χ2n) is 5.10. The van der Waals surface area contributed by atoms with E-state index < -0.39 is 0 Å². The van der Waals surface area contributed by atoms with Gasteiger partial charge in [0, 0.05) is 24.9 Å². The van der Waals surface area contributed by atoms with Crippen molar-refractivity contribution in [2.75, 3.05) is 7.05 Å². The zero-order valence-corrected chi connectivity index (χ0v) is 11.5. The lowest BCUT2D eigenvalue weighted by Gasteiger charge is -2.21. The van der Waals surface area contributed by atoms with Crippen molar-refractivity contribution in [1.29, 1.82) is 0 Å². The van der Waals surface area contributed by atoms with Crippen LogP contribution in [0.1, 0.15) is 48.6 Å². The maximum absolute atomic E-state index is 5.25. The van der Waals surface area contributed by atoms with E-state index in [9.17, 15) is 0 Å². The topological polar surface area (TPSA) is 55.9 Å². The molecule has 1 N–H and O–H groups in total. The lowest BCUT2D eigenvalue weighted by atomic mass is 9.91. The highest BCUT2D eigenvalue weighted by Gasteiger charge is 2.21. The van der Waals surface area contributed by atoms with E-state index in [1.807, 2.05) is 14.0 Å². The van der Waals surface area contributed by atoms with Crippen molar-refractivity contribution in [3.63, 3.8) is 0 Å². The quantitative estimate of drug-likeness (QED) is 0.914. The number of hydrogen-bond donors (Lipinski definition) is 1. The molecule has 1 aliphatic carbocycles. The molecule has 0 spiro atoms. The van der Waals surface area contributed by atoms with Crippen molar-refractivity contribution in [1.82, 2.24) is 20.0 Å². The Hall–Kier alpha value is -1.62. The molecule has 0 saturated carbocycles. The average molecular weight is 260 g/mol. The summed E-state index contributed by atoms with van der Waals surface area (Å²) in [5.41, 5.74) is 2.87. The van der Waals surface area contributed by atoms with Crippen molar-refractivity contribution in [3.8, 4) is 0 Å². The van der Waals surface area contributed by atoms with Crippen molar-refractivity contribution < 1.29 is 4.52 Å². The molecular formula is C14H20N4O. The molecule has 1 aliphatic rings. The number of hydrogen-bond acceptors (Lipinski definition) is 4. The van der Waals surface area contributed by atoms with Crippen LogP contribution in [0.4, 0.5) is 0 Å². The Balaban J connectivity index is 1.80. The molecule has 2 aromatic heterocycles. The number of aryl methyl sites for hydroxylation is 2. The predicted molar refractivity (Wildman–Crippen MR) is 71.9 cm³/mol. The molecule has 102 valence electrons. The van der Waals surface area contributed by atoms with Crippen LogP contribution in [0.15, 0.2) is 16.9 Å². The van der Waals surface area contributed by atoms with Gasteiger partial charge in [0.15, 0.2) is 5.82 Å². The smallest absolute Gasteiger partial charge is 0.246 e. The number of nitrogens with one attached hydrogen (secondary N) is 1. The van der Waals surface area contributed by atoms with Gasteiger partial charge < -0.3 is 14.4 Å². The predicted octanol–water partition coefficient (Wildman–Crippen LogP) is 2.08. The van der Waals surface area contributed by atoms with E-state index in [4.69, 9.17) is 4.52 Å². The fraction of sp³-hybridized carbons (Fsp3) is 0.571. The van der Waals surface area contributed by atoms with Gasteiger partial charge >= 0.3 is 0 Å². The van der Waals surface area contributed by atoms with Gasteiger partial charge in [-0.25, -0.2) is 0 Å². The molecule has 2 aromatic rings. The summed E-state index contributed by atoms with van der Waals surface area (Å²) in [4.78, 5) is 4.36. The van der Waals surface area contributed by atoms with E-state index in [2.05, 4.69) is 32.4 Å². The van der Waals surface area contributed by atoms with Crippen molar-refractivity contribution in [2.24, 2.45) is 0 Å². The van der Waals surface area contributed by atoms with Crippen LogP contribution in [0.25, 0.3) is 0 Å². The SMILES string of the molecule is CCc1noc(Cn2cc3c(c2)C(NC)CCC3)n1. The summed E-state index contributed by atoms with van der Waals surface area (Å²) >= 11 is 0. The standard InChI is InChI=1S/C14H20N4O/c1-3-13-16-14(19-17-13)9-18-7-10-5-4-6-12(15-2)11(10)8-18/h7-8,12,15H,3-6,9H2,1-2H3. The summed E-state index contributed by atoms with van der Waals surface area (Å²) in [5.74, 6) is 1.46. The Morgan fingerprint density at radius 2 is 2.37 bits per heavy atom. The maximum atomic E-state index is 5.25. The van der Waals surface area contributed by atoms with E-state index in [1.54, 1.807) is 0 Å². The first-order valence-electron chi connectivity index (χ1n) is 6.97. The minimum Gasteiger partial charge on any atom is -0.344 e. The molecule has 0 aliphatic heterocycles. The molecule has 5 heteroatoms. The first kappa shape index (κ1) is 12.4. The Bertz CT molecular complexity index is 558. The van der Waals surface area contributed by atoms with Crippen LogP contribution in [0.2, 0.25) is 0 Å². The van der Waals surface area contributed by atoms with E-state index in [0.29, 0.717) is 18.5 Å². The highest BCUT2D eigenvalue weighted by molar-refractivity contribution is 5.30. The molecule has 0 radical (unpaired) electrons. The molecular weight excluding hydrogens is 240 g/mol. The van der Waals surface area contributed by atoms with E-state index in [0.717, 1.165) is 12.2 Å². The normalized spacial score (nSPS) is 18.5. The van der Waals surface area contributed by atoms with E-state index in [-0.39, 0.29) is 0 Å². The summed E-state index contributed by atoms with van der Waals surface area (Å²) in [6.45, 7) is 2.69. The van der Waals surface area contributed by atoms with Gasteiger partial charge in [0.25, 0.3) is 0 Å². The van der Waals surface area contributed by atoms with Crippen molar-refractivity contribution in [3.05, 3.63) is 35.2 Å². The fourth-order valence-corrected chi connectivity index (χ4v) is 2.79. The number of fused-ring (bicyclic) bond motifs is 1. The summed E-state index contributed by atoms with van der Waals surface area (Å²) in [5, 5.41) is 7.32. The Kier molecular flexibility index (Phi) is 3.38. The number of aromatic nitrogens is 3. The minimum atomic E-state index is 0.485. The summed E-state index contributed by atoms with van der Waals surface area (Å²) < 4.78 is 7.41. The summed E-state index contributed by atoms with van der Waals surface area (Å²) in [6, 6.07) is 0.485. The van der Waals surface area contributed by atoms with Crippen molar-refractivity contribution in [2.45, 2.75) is 45.2 Å². The fourth-order valence-electron chi connectivity index (χ4n) is 2.79. The van der Waals surface area contributed by atoms with Gasteiger partial charge in [0.1, 0.15) is 6.54 Å². The van der Waals surface area contributed by atoms with Gasteiger partial charge in [-0.1, -0.05) is 12.1 Å². The van der Waals surface area contributed by atoms with Gasteiger partial charge in [-0.2, -0.15) is 4.98 Å². The largest absolute Gasteiger partial charge is 0.344 e. The van der Waals surface area contributed by atoms with E-state index >= 15 is 0 Å². The molecule has 0 saturated heterocycles. The summed E-state index contributed by atoms with van der Waals surface area (Å²) in [7, 11) is 2.03. The second kappa shape index (κ2) is 5.17. The van der Waals surface area contributed by atoms with Crippen LogP contribution in [-0.2, 0) is 19.4 Å². The number of rotatable bonds is 4. The molecule has 0 aromatic carbocycles. The van der Waals surface area contributed by atoms with Gasteiger partial charge in [-0.15, -0.1) is 0 Å². The monoisotopic (exact) mass is 260 g/mol. The lowest BCUT2D eigenvalue weighted by Crippen LogP contribution is -2.20. The molecule has 2 heterocycles. The van der Waals surface area contributed by atoms with Crippen LogP contribution in [-0.4, -0.2) is 21.8 Å². The molecule has 19 heavy (non-hydrogen) atoms. The van der Waals surface area contributed by atoms with Gasteiger partial charge in [-0.3, -0.25) is 0 Å². The van der Waals surface area contributed by atoms with Crippen LogP contribution in [0.3, 0.4) is 0 Å². The van der Waals surface area contributed by atoms with Crippen molar-refractivity contribution >= 4 is 0 Å². The summed E-state index contributed by atoms with van der Waals surface area (Å²) in [6.07, 6.45) is 8.88. The first-order chi connectivity index (χ1) is 9.30. The average Bonchev–Trinajstić information content (AvgIpc) is 3.04. The Labute approximate surface area is 113 Å². The van der Waals surface area contributed by atoms with Crippen LogP contribution in [0, 0.1) is 0 Å². The third kappa shape index (κ3) is 2.42. The molecule has 0 amide bonds. The van der Waals surface area contributed by atoms with Crippen LogP contribution >= 0.6 is 0 Å². The lowest BCUT2D eigenvalue weighted by molar-refractivity contribution is 0.366. The Morgan fingerprint density at radius 1 is 1.47 bits per heavy atom. The third-order valence-corrected chi connectivity index (χ3v) is 3.80. The molecule has 0 fully saturated rings. The second-order valence-corrected chi connectivity index (χ2v) is 5.10. The van der Waals surface area contributed by atoms with Crippen LogP contribution < -0.4 is 5.32 Å². The van der Waals surface area contributed by atoms with E-state index in [1.165, 1.54) is 30.4 Å². The minimum absolute atomic E-state index is 0.485. The zero-order valence-electron chi connectivity index (χ0n) is 11.5.